The van der Waals surface area contributed by atoms with Gasteiger partial charge in [-0.3, -0.25) is 10.1 Å². The average molecular weight is 286 g/mol. The first kappa shape index (κ1) is 14.8. The Hall–Kier alpha value is -2.56. The van der Waals surface area contributed by atoms with E-state index in [2.05, 4.69) is 5.32 Å². The summed E-state index contributed by atoms with van der Waals surface area (Å²) in [5.74, 6) is -0.108. The molecule has 0 saturated carbocycles. The van der Waals surface area contributed by atoms with E-state index in [1.807, 2.05) is 37.3 Å². The Balaban J connectivity index is 2.17. The van der Waals surface area contributed by atoms with Crippen LogP contribution in [0.1, 0.15) is 18.9 Å². The lowest BCUT2D eigenvalue weighted by Gasteiger charge is -2.18. The van der Waals surface area contributed by atoms with Crippen LogP contribution in [-0.4, -0.2) is 16.1 Å². The number of nitro groups is 1. The van der Waals surface area contributed by atoms with Crippen LogP contribution in [0.5, 0.6) is 5.75 Å². The van der Waals surface area contributed by atoms with Gasteiger partial charge in [0.2, 0.25) is 0 Å². The van der Waals surface area contributed by atoms with Crippen LogP contribution in [0.3, 0.4) is 0 Å². The summed E-state index contributed by atoms with van der Waals surface area (Å²) in [4.78, 5) is 10.6. The number of nitrogens with zero attached hydrogens (tertiary/aromatic N) is 1. The Morgan fingerprint density at radius 1 is 1.24 bits per heavy atom. The van der Waals surface area contributed by atoms with Gasteiger partial charge < -0.3 is 10.4 Å². The molecule has 0 bridgehead atoms. The maximum atomic E-state index is 11.1. The van der Waals surface area contributed by atoms with Gasteiger partial charge >= 0.3 is 0 Å². The van der Waals surface area contributed by atoms with Gasteiger partial charge in [-0.25, -0.2) is 0 Å². The molecule has 0 aliphatic rings. The van der Waals surface area contributed by atoms with Crippen LogP contribution in [0.4, 0.5) is 11.4 Å². The third-order valence-electron chi connectivity index (χ3n) is 3.36. The van der Waals surface area contributed by atoms with Gasteiger partial charge in [-0.15, -0.1) is 0 Å². The summed E-state index contributed by atoms with van der Waals surface area (Å²) in [5, 5.41) is 23.6. The molecule has 0 heterocycles. The third-order valence-corrected chi connectivity index (χ3v) is 3.36. The summed E-state index contributed by atoms with van der Waals surface area (Å²) < 4.78 is 0. The summed E-state index contributed by atoms with van der Waals surface area (Å²) in [6.45, 7) is 2.03. The van der Waals surface area contributed by atoms with Crippen molar-refractivity contribution in [1.29, 1.82) is 0 Å². The van der Waals surface area contributed by atoms with Crippen molar-refractivity contribution in [2.24, 2.45) is 0 Å². The molecule has 0 fully saturated rings. The maximum Gasteiger partial charge on any atom is 0.296 e. The van der Waals surface area contributed by atoms with E-state index >= 15 is 0 Å². The van der Waals surface area contributed by atoms with Gasteiger partial charge in [-0.05, 0) is 30.5 Å². The van der Waals surface area contributed by atoms with Gasteiger partial charge in [0, 0.05) is 6.04 Å². The number of phenolic OH excluding ortho intramolecular Hbond substituents is 1. The molecule has 2 rings (SSSR count). The monoisotopic (exact) mass is 286 g/mol. The van der Waals surface area contributed by atoms with Gasteiger partial charge in [-0.1, -0.05) is 37.3 Å². The van der Waals surface area contributed by atoms with Crippen molar-refractivity contribution >= 4 is 11.4 Å². The molecule has 0 aromatic heterocycles. The molecule has 2 aromatic carbocycles. The topological polar surface area (TPSA) is 75.4 Å². The summed E-state index contributed by atoms with van der Waals surface area (Å²) in [6, 6.07) is 14.2. The number of anilines is 1. The molecule has 2 N–H and O–H groups in total. The summed E-state index contributed by atoms with van der Waals surface area (Å²) >= 11 is 0. The highest BCUT2D eigenvalue weighted by molar-refractivity contribution is 5.64. The predicted molar refractivity (Wildman–Crippen MR) is 82.6 cm³/mol. The van der Waals surface area contributed by atoms with E-state index in [1.54, 1.807) is 6.07 Å². The SMILES string of the molecule is CCC(Cc1ccccc1)Nc1ccc(O)cc1[N+](=O)[O-]. The smallest absolute Gasteiger partial charge is 0.296 e. The van der Waals surface area contributed by atoms with Crippen molar-refractivity contribution in [3.8, 4) is 5.75 Å². The molecule has 0 radical (unpaired) electrons. The number of hydrogen-bond acceptors (Lipinski definition) is 4. The maximum absolute atomic E-state index is 11.1. The van der Waals surface area contributed by atoms with Crippen LogP contribution in [0, 0.1) is 10.1 Å². The molecule has 0 spiro atoms. The van der Waals surface area contributed by atoms with Crippen molar-refractivity contribution < 1.29 is 10.0 Å². The summed E-state index contributed by atoms with van der Waals surface area (Å²) in [5.41, 5.74) is 1.50. The molecule has 2 aromatic rings. The number of aromatic hydroxyl groups is 1. The Morgan fingerprint density at radius 2 is 1.95 bits per heavy atom. The fraction of sp³-hybridized carbons (Fsp3) is 0.250. The first-order valence-electron chi connectivity index (χ1n) is 6.88. The molecule has 0 aliphatic carbocycles. The van der Waals surface area contributed by atoms with E-state index in [1.165, 1.54) is 11.6 Å². The number of nitro benzene ring substituents is 1. The van der Waals surface area contributed by atoms with Crippen molar-refractivity contribution in [3.05, 3.63) is 64.2 Å². The van der Waals surface area contributed by atoms with Crippen molar-refractivity contribution in [3.63, 3.8) is 0 Å². The van der Waals surface area contributed by atoms with E-state index < -0.39 is 4.92 Å². The summed E-state index contributed by atoms with van der Waals surface area (Å²) in [7, 11) is 0. The zero-order chi connectivity index (χ0) is 15.2. The Bertz CT molecular complexity index is 614. The van der Waals surface area contributed by atoms with Crippen LogP contribution in [0.15, 0.2) is 48.5 Å². The minimum atomic E-state index is -0.489. The Labute approximate surface area is 123 Å². The van der Waals surface area contributed by atoms with Gasteiger partial charge in [0.1, 0.15) is 11.4 Å². The first-order valence-corrected chi connectivity index (χ1v) is 6.88. The average Bonchev–Trinajstić information content (AvgIpc) is 2.49. The van der Waals surface area contributed by atoms with Gasteiger partial charge in [-0.2, -0.15) is 0 Å². The molecule has 5 nitrogen and oxygen atoms in total. The van der Waals surface area contributed by atoms with Gasteiger partial charge in [0.15, 0.2) is 0 Å². The lowest BCUT2D eigenvalue weighted by molar-refractivity contribution is -0.384. The Morgan fingerprint density at radius 3 is 2.57 bits per heavy atom. The van der Waals surface area contributed by atoms with E-state index in [0.717, 1.165) is 18.9 Å². The lowest BCUT2D eigenvalue weighted by Crippen LogP contribution is -2.21. The number of benzene rings is 2. The number of nitrogens with one attached hydrogen (secondary N) is 1. The molecule has 110 valence electrons. The lowest BCUT2D eigenvalue weighted by atomic mass is 10.0. The van der Waals surface area contributed by atoms with Crippen molar-refractivity contribution in [2.75, 3.05) is 5.32 Å². The quantitative estimate of drug-likeness (QED) is 0.482. The molecule has 0 amide bonds. The number of phenols is 1. The zero-order valence-electron chi connectivity index (χ0n) is 11.8. The molecular weight excluding hydrogens is 268 g/mol. The summed E-state index contributed by atoms with van der Waals surface area (Å²) in [6.07, 6.45) is 1.63. The van der Waals surface area contributed by atoms with Crippen molar-refractivity contribution in [1.82, 2.24) is 0 Å². The van der Waals surface area contributed by atoms with E-state index in [4.69, 9.17) is 0 Å². The second kappa shape index (κ2) is 6.74. The molecule has 1 atom stereocenters. The highest BCUT2D eigenvalue weighted by Crippen LogP contribution is 2.29. The predicted octanol–water partition coefficient (Wildman–Crippen LogP) is 3.73. The standard InChI is InChI=1S/C16H18N2O3/c1-2-13(10-12-6-4-3-5-7-12)17-15-9-8-14(19)11-16(15)18(20)21/h3-9,11,13,17,19H,2,10H2,1H3. The third kappa shape index (κ3) is 3.95. The second-order valence-corrected chi connectivity index (χ2v) is 4.90. The van der Waals surface area contributed by atoms with Crippen LogP contribution >= 0.6 is 0 Å². The van der Waals surface area contributed by atoms with Crippen LogP contribution < -0.4 is 5.32 Å². The minimum absolute atomic E-state index is 0.0932. The van der Waals surface area contributed by atoms with Crippen LogP contribution in [0.2, 0.25) is 0 Å². The largest absolute Gasteiger partial charge is 0.508 e. The highest BCUT2D eigenvalue weighted by Gasteiger charge is 2.17. The molecule has 5 heteroatoms. The van der Waals surface area contributed by atoms with E-state index in [-0.39, 0.29) is 17.5 Å². The molecule has 21 heavy (non-hydrogen) atoms. The molecule has 0 aliphatic heterocycles. The fourth-order valence-corrected chi connectivity index (χ4v) is 2.21. The number of rotatable bonds is 6. The van der Waals surface area contributed by atoms with Crippen LogP contribution in [0.25, 0.3) is 0 Å². The molecule has 0 saturated heterocycles. The minimum Gasteiger partial charge on any atom is -0.508 e. The zero-order valence-corrected chi connectivity index (χ0v) is 11.8. The Kier molecular flexibility index (Phi) is 4.77. The van der Waals surface area contributed by atoms with Crippen molar-refractivity contribution in [2.45, 2.75) is 25.8 Å². The highest BCUT2D eigenvalue weighted by atomic mass is 16.6. The van der Waals surface area contributed by atoms with E-state index in [0.29, 0.717) is 5.69 Å². The molecule has 1 unspecified atom stereocenters. The van der Waals surface area contributed by atoms with Gasteiger partial charge in [0.25, 0.3) is 5.69 Å². The number of hydrogen-bond donors (Lipinski definition) is 2. The molecular formula is C16H18N2O3. The normalized spacial score (nSPS) is 11.9. The first-order chi connectivity index (χ1) is 10.1. The van der Waals surface area contributed by atoms with E-state index in [9.17, 15) is 15.2 Å². The van der Waals surface area contributed by atoms with Crippen LogP contribution in [-0.2, 0) is 6.42 Å². The second-order valence-electron chi connectivity index (χ2n) is 4.90. The fourth-order valence-electron chi connectivity index (χ4n) is 2.21. The van der Waals surface area contributed by atoms with Gasteiger partial charge in [0.05, 0.1) is 11.0 Å².